The van der Waals surface area contributed by atoms with Gasteiger partial charge in [-0.1, -0.05) is 13.8 Å². The molecular formula is C18H38N4O5. The summed E-state index contributed by atoms with van der Waals surface area (Å²) in [7, 11) is 0. The summed E-state index contributed by atoms with van der Waals surface area (Å²) in [6.45, 7) is 11.2. The van der Waals surface area contributed by atoms with Crippen LogP contribution in [-0.4, -0.2) is 143 Å². The quantitative estimate of drug-likeness (QED) is 0.376. The Kier molecular flexibility index (Phi) is 12.0. The molecular weight excluding hydrogens is 352 g/mol. The van der Waals surface area contributed by atoms with Gasteiger partial charge in [-0.2, -0.15) is 0 Å². The van der Waals surface area contributed by atoms with Gasteiger partial charge in [-0.25, -0.2) is 0 Å². The lowest BCUT2D eigenvalue weighted by molar-refractivity contribution is -0.138. The molecule has 0 aromatic rings. The monoisotopic (exact) mass is 390 g/mol. The summed E-state index contributed by atoms with van der Waals surface area (Å²) in [4.78, 5) is 19.8. The van der Waals surface area contributed by atoms with Crippen LogP contribution in [0.4, 0.5) is 0 Å². The molecule has 2 atom stereocenters. The number of carboxylic acid groups (broad SMARTS) is 1. The van der Waals surface area contributed by atoms with E-state index >= 15 is 0 Å². The number of rotatable bonds is 8. The van der Waals surface area contributed by atoms with E-state index in [1.54, 1.807) is 0 Å². The molecule has 0 aromatic carbocycles. The predicted molar refractivity (Wildman–Crippen MR) is 104 cm³/mol. The molecule has 0 aliphatic carbocycles. The van der Waals surface area contributed by atoms with Crippen molar-refractivity contribution < 1.29 is 25.2 Å². The van der Waals surface area contributed by atoms with E-state index in [1.165, 1.54) is 0 Å². The SMILES string of the molecule is CCN1CCN(CC)CCN([C@H](CO)[C@H](O)CO)CCN(CC(=O)O)CC1. The number of likely N-dealkylation sites (N-methyl/N-ethyl adjacent to an activating group) is 2. The Morgan fingerprint density at radius 2 is 1.26 bits per heavy atom. The highest BCUT2D eigenvalue weighted by atomic mass is 16.4. The van der Waals surface area contributed by atoms with Crippen LogP contribution in [0.2, 0.25) is 0 Å². The summed E-state index contributed by atoms with van der Waals surface area (Å²) in [6, 6.07) is -0.560. The Bertz CT molecular complexity index is 415. The van der Waals surface area contributed by atoms with Crippen molar-refractivity contribution in [2.75, 3.05) is 85.2 Å². The van der Waals surface area contributed by atoms with E-state index in [-0.39, 0.29) is 13.2 Å². The summed E-state index contributed by atoms with van der Waals surface area (Å²) in [5.41, 5.74) is 0. The Hall–Kier alpha value is -0.810. The summed E-state index contributed by atoms with van der Waals surface area (Å²) < 4.78 is 0. The maximum absolute atomic E-state index is 11.2. The minimum Gasteiger partial charge on any atom is -0.480 e. The molecule has 9 nitrogen and oxygen atoms in total. The molecule has 0 amide bonds. The van der Waals surface area contributed by atoms with Gasteiger partial charge in [0.25, 0.3) is 0 Å². The zero-order valence-corrected chi connectivity index (χ0v) is 16.8. The summed E-state index contributed by atoms with van der Waals surface area (Å²) >= 11 is 0. The van der Waals surface area contributed by atoms with Crippen molar-refractivity contribution in [3.8, 4) is 0 Å². The number of aliphatic hydroxyl groups excluding tert-OH is 3. The van der Waals surface area contributed by atoms with Crippen molar-refractivity contribution in [1.82, 2.24) is 19.6 Å². The van der Waals surface area contributed by atoms with E-state index in [1.807, 2.05) is 9.80 Å². The van der Waals surface area contributed by atoms with Crippen molar-refractivity contribution in [2.24, 2.45) is 0 Å². The van der Waals surface area contributed by atoms with E-state index < -0.39 is 24.7 Å². The Balaban J connectivity index is 2.91. The van der Waals surface area contributed by atoms with Crippen LogP contribution in [-0.2, 0) is 4.79 Å². The van der Waals surface area contributed by atoms with E-state index in [4.69, 9.17) is 0 Å². The number of carbonyl (C=O) groups is 1. The van der Waals surface area contributed by atoms with Crippen molar-refractivity contribution in [3.05, 3.63) is 0 Å². The van der Waals surface area contributed by atoms with Crippen LogP contribution < -0.4 is 0 Å². The van der Waals surface area contributed by atoms with Gasteiger partial charge in [0.1, 0.15) is 0 Å². The zero-order chi connectivity index (χ0) is 20.2. The summed E-state index contributed by atoms with van der Waals surface area (Å²) in [6.07, 6.45) is -1.03. The van der Waals surface area contributed by atoms with Crippen molar-refractivity contribution >= 4 is 5.97 Å². The first kappa shape index (κ1) is 24.2. The molecule has 0 saturated carbocycles. The lowest BCUT2D eigenvalue weighted by atomic mass is 10.1. The molecule has 4 N–H and O–H groups in total. The molecule has 160 valence electrons. The molecule has 9 heteroatoms. The van der Waals surface area contributed by atoms with Gasteiger partial charge in [-0.3, -0.25) is 14.6 Å². The average molecular weight is 391 g/mol. The molecule has 0 unspecified atom stereocenters. The Morgan fingerprint density at radius 1 is 0.815 bits per heavy atom. The average Bonchev–Trinajstić information content (AvgIpc) is 2.65. The Morgan fingerprint density at radius 3 is 1.67 bits per heavy atom. The molecule has 1 rings (SSSR count). The standard InChI is InChI=1S/C18H38N4O5/c1-3-19-5-6-20(4-2)9-11-22(16(14-23)17(25)15-24)12-10-21(8-7-19)13-18(26)27/h16-17,23-25H,3-15H2,1-2H3,(H,26,27)/t16-,17-/m1/s1. The van der Waals surface area contributed by atoms with Crippen LogP contribution in [0.15, 0.2) is 0 Å². The molecule has 1 aliphatic rings. The number of aliphatic carboxylic acids is 1. The lowest BCUT2D eigenvalue weighted by Crippen LogP contribution is -2.53. The molecule has 1 aliphatic heterocycles. The van der Waals surface area contributed by atoms with Crippen LogP contribution in [0.25, 0.3) is 0 Å². The third-order valence-electron chi connectivity index (χ3n) is 5.41. The maximum Gasteiger partial charge on any atom is 0.317 e. The van der Waals surface area contributed by atoms with Crippen molar-refractivity contribution in [2.45, 2.75) is 26.0 Å². The second-order valence-electron chi connectivity index (χ2n) is 7.07. The van der Waals surface area contributed by atoms with E-state index in [9.17, 15) is 25.2 Å². The van der Waals surface area contributed by atoms with Gasteiger partial charge in [0.2, 0.25) is 0 Å². The number of hydrogen-bond acceptors (Lipinski definition) is 8. The minimum atomic E-state index is -1.03. The predicted octanol–water partition coefficient (Wildman–Crippen LogP) is -1.95. The fourth-order valence-corrected chi connectivity index (χ4v) is 3.47. The topological polar surface area (TPSA) is 111 Å². The fraction of sp³-hybridized carbons (Fsp3) is 0.944. The van der Waals surface area contributed by atoms with Gasteiger partial charge in [0.15, 0.2) is 0 Å². The highest BCUT2D eigenvalue weighted by Crippen LogP contribution is 2.08. The molecule has 0 aromatic heterocycles. The van der Waals surface area contributed by atoms with Crippen molar-refractivity contribution in [1.29, 1.82) is 0 Å². The lowest BCUT2D eigenvalue weighted by Gasteiger charge is -2.37. The van der Waals surface area contributed by atoms with E-state index in [0.29, 0.717) is 26.2 Å². The van der Waals surface area contributed by atoms with Crippen LogP contribution in [0, 0.1) is 0 Å². The molecule has 0 radical (unpaired) electrons. The first-order valence-electron chi connectivity index (χ1n) is 9.97. The molecule has 0 spiro atoms. The third-order valence-corrected chi connectivity index (χ3v) is 5.41. The number of nitrogens with zero attached hydrogens (tertiary/aromatic N) is 4. The first-order valence-corrected chi connectivity index (χ1v) is 9.97. The Labute approximate surface area is 162 Å². The minimum absolute atomic E-state index is 0.0289. The second-order valence-corrected chi connectivity index (χ2v) is 7.07. The number of carboxylic acids is 1. The molecule has 0 bridgehead atoms. The molecule has 1 heterocycles. The molecule has 1 fully saturated rings. The van der Waals surface area contributed by atoms with Crippen LogP contribution in [0.1, 0.15) is 13.8 Å². The van der Waals surface area contributed by atoms with E-state index in [2.05, 4.69) is 23.6 Å². The van der Waals surface area contributed by atoms with Gasteiger partial charge in [-0.15, -0.1) is 0 Å². The van der Waals surface area contributed by atoms with Gasteiger partial charge in [-0.05, 0) is 13.1 Å². The van der Waals surface area contributed by atoms with Crippen molar-refractivity contribution in [3.63, 3.8) is 0 Å². The fourth-order valence-electron chi connectivity index (χ4n) is 3.47. The van der Waals surface area contributed by atoms with Gasteiger partial charge < -0.3 is 30.2 Å². The molecule has 1 saturated heterocycles. The zero-order valence-electron chi connectivity index (χ0n) is 16.8. The van der Waals surface area contributed by atoms with E-state index in [0.717, 1.165) is 39.3 Å². The van der Waals surface area contributed by atoms with Gasteiger partial charge in [0, 0.05) is 52.4 Å². The smallest absolute Gasteiger partial charge is 0.317 e. The summed E-state index contributed by atoms with van der Waals surface area (Å²) in [5.74, 6) is -0.858. The van der Waals surface area contributed by atoms with Crippen LogP contribution >= 0.6 is 0 Å². The third kappa shape index (κ3) is 8.82. The van der Waals surface area contributed by atoms with Crippen LogP contribution in [0.5, 0.6) is 0 Å². The highest BCUT2D eigenvalue weighted by Gasteiger charge is 2.26. The normalized spacial score (nSPS) is 22.7. The largest absolute Gasteiger partial charge is 0.480 e. The number of hydrogen-bond donors (Lipinski definition) is 4. The maximum atomic E-state index is 11.2. The van der Waals surface area contributed by atoms with Gasteiger partial charge >= 0.3 is 5.97 Å². The first-order chi connectivity index (χ1) is 12.9. The van der Waals surface area contributed by atoms with Crippen LogP contribution in [0.3, 0.4) is 0 Å². The van der Waals surface area contributed by atoms with Gasteiger partial charge in [0.05, 0.1) is 31.9 Å². The summed E-state index contributed by atoms with van der Waals surface area (Å²) in [5, 5.41) is 38.3. The second kappa shape index (κ2) is 13.4. The number of aliphatic hydroxyl groups is 3. The highest BCUT2D eigenvalue weighted by molar-refractivity contribution is 5.69. The molecule has 27 heavy (non-hydrogen) atoms.